The Morgan fingerprint density at radius 3 is 2.52 bits per heavy atom. The third-order valence-electron chi connectivity index (χ3n) is 3.75. The first kappa shape index (κ1) is 17.3. The highest BCUT2D eigenvalue weighted by Gasteiger charge is 2.37. The number of anilines is 1. The van der Waals surface area contributed by atoms with Crippen molar-refractivity contribution in [3.63, 3.8) is 0 Å². The maximum atomic E-state index is 12.9. The summed E-state index contributed by atoms with van der Waals surface area (Å²) in [5.74, 6) is 0.313. The molecule has 4 aromatic rings. The Morgan fingerprint density at radius 2 is 1.78 bits per heavy atom. The van der Waals surface area contributed by atoms with Crippen LogP contribution in [0.4, 0.5) is 19.0 Å². The van der Waals surface area contributed by atoms with E-state index >= 15 is 0 Å². The first-order valence-electron chi connectivity index (χ1n) is 7.78. The van der Waals surface area contributed by atoms with Gasteiger partial charge in [-0.15, -0.1) is 15.3 Å². The van der Waals surface area contributed by atoms with Crippen LogP contribution in [-0.2, 0) is 12.7 Å². The second-order valence-corrected chi connectivity index (χ2v) is 6.07. The van der Waals surface area contributed by atoms with Crippen molar-refractivity contribution in [2.75, 3.05) is 5.32 Å². The first-order valence-corrected chi connectivity index (χ1v) is 8.16. The van der Waals surface area contributed by atoms with E-state index in [1.54, 1.807) is 24.3 Å². The van der Waals surface area contributed by atoms with Crippen LogP contribution in [0.1, 0.15) is 11.6 Å². The summed E-state index contributed by atoms with van der Waals surface area (Å²) < 4.78 is 45.1. The summed E-state index contributed by atoms with van der Waals surface area (Å²) in [5.41, 5.74) is 0.875. The zero-order chi connectivity index (χ0) is 19.0. The molecule has 0 aliphatic heterocycles. The summed E-state index contributed by atoms with van der Waals surface area (Å²) in [6.07, 6.45) is -4.64. The zero-order valence-electron chi connectivity index (χ0n) is 13.5. The van der Waals surface area contributed by atoms with Gasteiger partial charge in [-0.05, 0) is 48.5 Å². The molecule has 0 aliphatic rings. The highest BCUT2D eigenvalue weighted by Crippen LogP contribution is 2.28. The molecule has 4 rings (SSSR count). The van der Waals surface area contributed by atoms with E-state index in [-0.39, 0.29) is 18.0 Å². The number of furan rings is 1. The minimum Gasteiger partial charge on any atom is -0.459 e. The minimum atomic E-state index is -4.64. The smallest absolute Gasteiger partial charge is 0.453 e. The first-order chi connectivity index (χ1) is 12.9. The quantitative estimate of drug-likeness (QED) is 0.545. The number of halogens is 4. The van der Waals surface area contributed by atoms with Gasteiger partial charge < -0.3 is 9.73 Å². The van der Waals surface area contributed by atoms with Crippen molar-refractivity contribution in [1.82, 2.24) is 19.8 Å². The fraction of sp³-hybridized carbons (Fsp3) is 0.118. The van der Waals surface area contributed by atoms with Gasteiger partial charge in [0, 0.05) is 10.6 Å². The molecule has 0 fully saturated rings. The highest BCUT2D eigenvalue weighted by atomic mass is 35.5. The molecule has 0 saturated carbocycles. The minimum absolute atomic E-state index is 0.0101. The molecule has 0 unspecified atom stereocenters. The molecule has 1 N–H and O–H groups in total. The summed E-state index contributed by atoms with van der Waals surface area (Å²) in [4.78, 5) is 0. The molecule has 1 aromatic carbocycles. The topological polar surface area (TPSA) is 68.2 Å². The van der Waals surface area contributed by atoms with Gasteiger partial charge >= 0.3 is 6.18 Å². The Balaban J connectivity index is 1.51. The van der Waals surface area contributed by atoms with E-state index in [1.165, 1.54) is 12.1 Å². The van der Waals surface area contributed by atoms with Crippen LogP contribution in [0.5, 0.6) is 0 Å². The van der Waals surface area contributed by atoms with Crippen LogP contribution in [0.25, 0.3) is 17.0 Å². The Hall–Kier alpha value is -3.07. The van der Waals surface area contributed by atoms with Crippen LogP contribution in [0.3, 0.4) is 0 Å². The molecule has 10 heteroatoms. The van der Waals surface area contributed by atoms with Gasteiger partial charge in [0.1, 0.15) is 17.3 Å². The molecule has 138 valence electrons. The lowest BCUT2D eigenvalue weighted by molar-refractivity contribution is -0.146. The second-order valence-electron chi connectivity index (χ2n) is 5.64. The molecular formula is C17H11ClF3N5O. The number of fused-ring (bicyclic) bond motifs is 1. The fourth-order valence-electron chi connectivity index (χ4n) is 2.48. The van der Waals surface area contributed by atoms with E-state index in [0.29, 0.717) is 21.1 Å². The summed E-state index contributed by atoms with van der Waals surface area (Å²) in [7, 11) is 0. The molecule has 0 radical (unpaired) electrons. The number of hydrogen-bond donors (Lipinski definition) is 1. The van der Waals surface area contributed by atoms with Gasteiger partial charge in [-0.1, -0.05) is 11.6 Å². The largest absolute Gasteiger partial charge is 0.459 e. The standard InChI is InChI=1S/C17H11ClF3N5O/c18-11-3-1-10(2-4-11)13-6-5-12(27-13)9-22-14-7-8-15-23-24-16(17(19,20)21)26(15)25-14/h1-8H,9H2,(H,22,25). The average Bonchev–Trinajstić information content (AvgIpc) is 3.27. The van der Waals surface area contributed by atoms with Crippen LogP contribution < -0.4 is 5.32 Å². The highest BCUT2D eigenvalue weighted by molar-refractivity contribution is 6.30. The monoisotopic (exact) mass is 393 g/mol. The van der Waals surface area contributed by atoms with Gasteiger partial charge in [0.15, 0.2) is 5.65 Å². The molecule has 0 spiro atoms. The van der Waals surface area contributed by atoms with Gasteiger partial charge in [0.2, 0.25) is 0 Å². The normalized spacial score (nSPS) is 11.9. The maximum absolute atomic E-state index is 12.9. The van der Waals surface area contributed by atoms with Crippen molar-refractivity contribution in [3.05, 3.63) is 65.1 Å². The molecule has 3 heterocycles. The van der Waals surface area contributed by atoms with E-state index < -0.39 is 12.0 Å². The van der Waals surface area contributed by atoms with Crippen molar-refractivity contribution in [3.8, 4) is 11.3 Å². The molecular weight excluding hydrogens is 383 g/mol. The number of hydrogen-bond acceptors (Lipinski definition) is 5. The summed E-state index contributed by atoms with van der Waals surface area (Å²) in [6.45, 7) is 0.246. The van der Waals surface area contributed by atoms with Crippen LogP contribution in [0.15, 0.2) is 52.9 Å². The van der Waals surface area contributed by atoms with Crippen LogP contribution in [-0.4, -0.2) is 19.8 Å². The number of alkyl halides is 3. The predicted octanol–water partition coefficient (Wildman–Crippen LogP) is 4.67. The Labute approximate surface area is 155 Å². The van der Waals surface area contributed by atoms with E-state index in [9.17, 15) is 13.2 Å². The SMILES string of the molecule is FC(F)(F)c1nnc2ccc(NCc3ccc(-c4ccc(Cl)cc4)o3)nn12. The average molecular weight is 394 g/mol. The zero-order valence-corrected chi connectivity index (χ0v) is 14.3. The van der Waals surface area contributed by atoms with Crippen LogP contribution >= 0.6 is 11.6 Å². The molecule has 3 aromatic heterocycles. The number of rotatable bonds is 4. The summed E-state index contributed by atoms with van der Waals surface area (Å²) in [6, 6.07) is 13.7. The lowest BCUT2D eigenvalue weighted by Gasteiger charge is -2.06. The molecule has 0 amide bonds. The molecule has 0 aliphatic carbocycles. The summed E-state index contributed by atoms with van der Waals surface area (Å²) in [5, 5.41) is 14.0. The Morgan fingerprint density at radius 1 is 1.00 bits per heavy atom. The van der Waals surface area contributed by atoms with Crippen LogP contribution in [0, 0.1) is 0 Å². The number of aromatic nitrogens is 4. The second kappa shape index (κ2) is 6.58. The predicted molar refractivity (Wildman–Crippen MR) is 92.3 cm³/mol. The van der Waals surface area contributed by atoms with Crippen molar-refractivity contribution in [2.45, 2.75) is 12.7 Å². The number of benzene rings is 1. The van der Waals surface area contributed by atoms with E-state index in [0.717, 1.165) is 5.56 Å². The molecule has 0 atom stereocenters. The van der Waals surface area contributed by atoms with E-state index in [2.05, 4.69) is 20.6 Å². The molecule has 27 heavy (non-hydrogen) atoms. The van der Waals surface area contributed by atoms with Crippen LogP contribution in [0.2, 0.25) is 5.02 Å². The lowest BCUT2D eigenvalue weighted by atomic mass is 10.2. The van der Waals surface area contributed by atoms with E-state index in [4.69, 9.17) is 16.0 Å². The van der Waals surface area contributed by atoms with Crippen molar-refractivity contribution in [1.29, 1.82) is 0 Å². The third-order valence-corrected chi connectivity index (χ3v) is 4.00. The van der Waals surface area contributed by atoms with Gasteiger partial charge in [0.25, 0.3) is 5.82 Å². The Bertz CT molecular complexity index is 1090. The fourth-order valence-corrected chi connectivity index (χ4v) is 2.61. The Kier molecular flexibility index (Phi) is 4.23. The van der Waals surface area contributed by atoms with Gasteiger partial charge in [-0.2, -0.15) is 17.7 Å². The number of nitrogens with zero attached hydrogens (tertiary/aromatic N) is 4. The lowest BCUT2D eigenvalue weighted by Crippen LogP contribution is -2.13. The van der Waals surface area contributed by atoms with Gasteiger partial charge in [-0.25, -0.2) is 0 Å². The van der Waals surface area contributed by atoms with Gasteiger partial charge in [0.05, 0.1) is 6.54 Å². The molecule has 0 saturated heterocycles. The maximum Gasteiger partial charge on any atom is 0.453 e. The molecule has 6 nitrogen and oxygen atoms in total. The summed E-state index contributed by atoms with van der Waals surface area (Å²) >= 11 is 5.87. The van der Waals surface area contributed by atoms with Crippen molar-refractivity contribution < 1.29 is 17.6 Å². The molecule has 0 bridgehead atoms. The van der Waals surface area contributed by atoms with Crippen molar-refractivity contribution >= 4 is 23.1 Å². The van der Waals surface area contributed by atoms with Gasteiger partial charge in [-0.3, -0.25) is 0 Å². The van der Waals surface area contributed by atoms with E-state index in [1.807, 2.05) is 12.1 Å². The van der Waals surface area contributed by atoms with Crippen molar-refractivity contribution in [2.24, 2.45) is 0 Å². The number of nitrogens with one attached hydrogen (secondary N) is 1. The third kappa shape index (κ3) is 3.59.